The first-order valence-electron chi connectivity index (χ1n) is 10.8. The Labute approximate surface area is 193 Å². The predicted molar refractivity (Wildman–Crippen MR) is 121 cm³/mol. The van der Waals surface area contributed by atoms with Crippen LogP contribution in [0.15, 0.2) is 30.5 Å². The third kappa shape index (κ3) is 3.99. The monoisotopic (exact) mass is 470 g/mol. The molecule has 0 bridgehead atoms. The summed E-state index contributed by atoms with van der Waals surface area (Å²) in [5.74, 6) is 0.739. The number of halogens is 2. The standard InChI is InChI=1S/C22H24F2N8O2/c1-12(33)27-22(2)9-14(10-22)25-21-26-20(34-3)19-15(6-7-31(19)29-21)13-4-5-16-17(8-13)32(30-28-16)11-18(23)24/h4-8,14,18H,9-11H2,1-3H3,(H,25,29)(H,27,33). The SMILES string of the molecule is COc1nc(NC2CC(C)(NC(C)=O)C2)nn2ccc(-c3ccc4nnn(CC(F)F)c4c3)c12. The van der Waals surface area contributed by atoms with E-state index in [0.29, 0.717) is 28.4 Å². The fraction of sp³-hybridized carbons (Fsp3) is 0.409. The van der Waals surface area contributed by atoms with Gasteiger partial charge in [-0.15, -0.1) is 10.2 Å². The predicted octanol–water partition coefficient (Wildman–Crippen LogP) is 2.88. The summed E-state index contributed by atoms with van der Waals surface area (Å²) in [6.45, 7) is 2.99. The van der Waals surface area contributed by atoms with Crippen molar-refractivity contribution in [1.29, 1.82) is 0 Å². The number of anilines is 1. The van der Waals surface area contributed by atoms with Crippen LogP contribution < -0.4 is 15.4 Å². The summed E-state index contributed by atoms with van der Waals surface area (Å²) in [6, 6.07) is 7.36. The quantitative estimate of drug-likeness (QED) is 0.427. The summed E-state index contributed by atoms with van der Waals surface area (Å²) in [5, 5.41) is 18.6. The Bertz CT molecular complexity index is 1380. The number of methoxy groups -OCH3 is 1. The smallest absolute Gasteiger partial charge is 0.258 e. The Balaban J connectivity index is 1.45. The van der Waals surface area contributed by atoms with Crippen LogP contribution in [0.5, 0.6) is 5.88 Å². The molecule has 0 aliphatic heterocycles. The molecule has 10 nitrogen and oxygen atoms in total. The van der Waals surface area contributed by atoms with Crippen molar-refractivity contribution in [2.75, 3.05) is 12.4 Å². The fourth-order valence-corrected chi connectivity index (χ4v) is 4.67. The van der Waals surface area contributed by atoms with E-state index >= 15 is 0 Å². The van der Waals surface area contributed by atoms with Crippen LogP contribution in [0, 0.1) is 0 Å². The van der Waals surface area contributed by atoms with E-state index in [2.05, 4.69) is 31.0 Å². The Morgan fingerprint density at radius 1 is 1.32 bits per heavy atom. The van der Waals surface area contributed by atoms with Crippen molar-refractivity contribution >= 4 is 28.4 Å². The second-order valence-electron chi connectivity index (χ2n) is 8.82. The van der Waals surface area contributed by atoms with Crippen LogP contribution in [0.25, 0.3) is 27.7 Å². The minimum absolute atomic E-state index is 0.0496. The molecule has 34 heavy (non-hydrogen) atoms. The number of hydrogen-bond donors (Lipinski definition) is 2. The van der Waals surface area contributed by atoms with Gasteiger partial charge in [-0.25, -0.2) is 18.0 Å². The van der Waals surface area contributed by atoms with E-state index < -0.39 is 13.0 Å². The molecular formula is C22H24F2N8O2. The Morgan fingerprint density at radius 2 is 2.12 bits per heavy atom. The first-order valence-corrected chi connectivity index (χ1v) is 10.8. The maximum Gasteiger partial charge on any atom is 0.258 e. The highest BCUT2D eigenvalue weighted by atomic mass is 19.3. The van der Waals surface area contributed by atoms with E-state index in [-0.39, 0.29) is 17.5 Å². The van der Waals surface area contributed by atoms with Crippen LogP contribution in [0.1, 0.15) is 26.7 Å². The molecule has 0 atom stereocenters. The zero-order valence-corrected chi connectivity index (χ0v) is 18.9. The van der Waals surface area contributed by atoms with Crippen LogP contribution in [-0.2, 0) is 11.3 Å². The Hall–Kier alpha value is -3.83. The third-order valence-corrected chi connectivity index (χ3v) is 6.01. The number of nitrogens with one attached hydrogen (secondary N) is 2. The molecule has 0 spiro atoms. The zero-order valence-electron chi connectivity index (χ0n) is 18.9. The molecule has 12 heteroatoms. The molecule has 1 aliphatic rings. The van der Waals surface area contributed by atoms with E-state index in [0.717, 1.165) is 24.0 Å². The molecule has 1 aromatic carbocycles. The van der Waals surface area contributed by atoms with Crippen molar-refractivity contribution in [3.8, 4) is 17.0 Å². The summed E-state index contributed by atoms with van der Waals surface area (Å²) in [7, 11) is 1.53. The number of aromatic nitrogens is 6. The molecule has 2 N–H and O–H groups in total. The van der Waals surface area contributed by atoms with Gasteiger partial charge in [0, 0.05) is 30.3 Å². The third-order valence-electron chi connectivity index (χ3n) is 6.01. The average molecular weight is 470 g/mol. The lowest BCUT2D eigenvalue weighted by molar-refractivity contribution is -0.121. The van der Waals surface area contributed by atoms with E-state index in [9.17, 15) is 13.6 Å². The molecule has 1 saturated carbocycles. The fourth-order valence-electron chi connectivity index (χ4n) is 4.67. The topological polar surface area (TPSA) is 111 Å². The average Bonchev–Trinajstić information content (AvgIpc) is 3.35. The molecule has 0 saturated heterocycles. The van der Waals surface area contributed by atoms with Crippen molar-refractivity contribution in [1.82, 2.24) is 34.9 Å². The van der Waals surface area contributed by atoms with E-state index in [1.165, 1.54) is 18.7 Å². The number of hydrogen-bond acceptors (Lipinski definition) is 7. The van der Waals surface area contributed by atoms with Crippen LogP contribution in [-0.4, -0.2) is 60.6 Å². The summed E-state index contributed by atoms with van der Waals surface area (Å²) in [4.78, 5) is 15.9. The molecule has 3 aromatic heterocycles. The minimum atomic E-state index is -2.53. The van der Waals surface area contributed by atoms with Gasteiger partial charge in [0.05, 0.1) is 12.6 Å². The maximum absolute atomic E-state index is 12.9. The number of carbonyl (C=O) groups excluding carboxylic acids is 1. The van der Waals surface area contributed by atoms with Crippen LogP contribution in [0.4, 0.5) is 14.7 Å². The normalized spacial score (nSPS) is 20.0. The zero-order chi connectivity index (χ0) is 24.0. The molecule has 0 radical (unpaired) electrons. The lowest BCUT2D eigenvalue weighted by atomic mass is 9.74. The van der Waals surface area contributed by atoms with Crippen molar-refractivity contribution in [2.24, 2.45) is 0 Å². The number of carbonyl (C=O) groups is 1. The van der Waals surface area contributed by atoms with Crippen molar-refractivity contribution in [3.05, 3.63) is 30.5 Å². The van der Waals surface area contributed by atoms with Crippen molar-refractivity contribution < 1.29 is 18.3 Å². The van der Waals surface area contributed by atoms with Gasteiger partial charge >= 0.3 is 0 Å². The molecule has 3 heterocycles. The van der Waals surface area contributed by atoms with Crippen molar-refractivity contribution in [3.63, 3.8) is 0 Å². The van der Waals surface area contributed by atoms with Gasteiger partial charge in [0.2, 0.25) is 17.7 Å². The van der Waals surface area contributed by atoms with Crippen LogP contribution in [0.3, 0.4) is 0 Å². The number of fused-ring (bicyclic) bond motifs is 2. The number of nitrogens with zero attached hydrogens (tertiary/aromatic N) is 6. The van der Waals surface area contributed by atoms with Gasteiger partial charge in [0.1, 0.15) is 17.6 Å². The summed E-state index contributed by atoms with van der Waals surface area (Å²) in [5.41, 5.74) is 3.04. The number of alkyl halides is 2. The second kappa shape index (κ2) is 8.19. The first-order chi connectivity index (χ1) is 16.2. The van der Waals surface area contributed by atoms with Crippen LogP contribution >= 0.6 is 0 Å². The molecule has 0 unspecified atom stereocenters. The van der Waals surface area contributed by atoms with Crippen LogP contribution in [0.2, 0.25) is 0 Å². The van der Waals surface area contributed by atoms with Gasteiger partial charge in [-0.05, 0) is 43.5 Å². The molecule has 5 rings (SSSR count). The maximum atomic E-state index is 12.9. The Kier molecular flexibility index (Phi) is 5.29. The molecule has 1 fully saturated rings. The van der Waals surface area contributed by atoms with Gasteiger partial charge in [-0.2, -0.15) is 4.98 Å². The highest BCUT2D eigenvalue weighted by Crippen LogP contribution is 2.35. The van der Waals surface area contributed by atoms with Gasteiger partial charge in [0.15, 0.2) is 0 Å². The van der Waals surface area contributed by atoms with E-state index in [1.54, 1.807) is 22.8 Å². The summed E-state index contributed by atoms with van der Waals surface area (Å²) < 4.78 is 34.3. The highest BCUT2D eigenvalue weighted by molar-refractivity contribution is 5.89. The molecule has 1 aliphatic carbocycles. The minimum Gasteiger partial charge on any atom is -0.479 e. The summed E-state index contributed by atoms with van der Waals surface area (Å²) in [6.07, 6.45) is 0.775. The van der Waals surface area contributed by atoms with Gasteiger partial charge < -0.3 is 15.4 Å². The van der Waals surface area contributed by atoms with E-state index in [4.69, 9.17) is 4.74 Å². The number of amides is 1. The second-order valence-corrected chi connectivity index (χ2v) is 8.82. The van der Waals surface area contributed by atoms with Gasteiger partial charge in [-0.1, -0.05) is 11.3 Å². The largest absolute Gasteiger partial charge is 0.479 e. The lowest BCUT2D eigenvalue weighted by Crippen LogP contribution is -2.59. The molecule has 178 valence electrons. The lowest BCUT2D eigenvalue weighted by Gasteiger charge is -2.45. The number of rotatable bonds is 7. The highest BCUT2D eigenvalue weighted by Gasteiger charge is 2.41. The molecular weight excluding hydrogens is 446 g/mol. The van der Waals surface area contributed by atoms with E-state index in [1.807, 2.05) is 19.1 Å². The van der Waals surface area contributed by atoms with Crippen molar-refractivity contribution in [2.45, 2.75) is 51.2 Å². The molecule has 1 amide bonds. The summed E-state index contributed by atoms with van der Waals surface area (Å²) >= 11 is 0. The number of ether oxygens (including phenoxy) is 1. The molecule has 4 aromatic rings. The van der Waals surface area contributed by atoms with Gasteiger partial charge in [-0.3, -0.25) is 4.79 Å². The first kappa shape index (κ1) is 22.0. The Morgan fingerprint density at radius 3 is 2.82 bits per heavy atom. The van der Waals surface area contributed by atoms with Gasteiger partial charge in [0.25, 0.3) is 6.43 Å². The number of benzene rings is 1.